The molecule has 1 aromatic carbocycles. The van der Waals surface area contributed by atoms with Crippen LogP contribution in [0, 0.1) is 6.92 Å². The van der Waals surface area contributed by atoms with E-state index in [9.17, 15) is 14.7 Å². The Morgan fingerprint density at radius 3 is 2.38 bits per heavy atom. The normalized spacial score (nSPS) is 17.0. The molecule has 0 bridgehead atoms. The molecule has 1 saturated carbocycles. The Bertz CT molecular complexity index is 643. The van der Waals surface area contributed by atoms with Crippen molar-refractivity contribution in [1.82, 2.24) is 0 Å². The number of ether oxygens (including phenoxy) is 2. The zero-order valence-electron chi connectivity index (χ0n) is 14.8. The van der Waals surface area contributed by atoms with E-state index in [0.717, 1.165) is 24.0 Å². The highest BCUT2D eigenvalue weighted by atomic mass is 16.6. The van der Waals surface area contributed by atoms with Crippen molar-refractivity contribution in [3.8, 4) is 0 Å². The topological polar surface area (TPSA) is 84.9 Å². The Kier molecular flexibility index (Phi) is 4.90. The molecule has 0 spiro atoms. The van der Waals surface area contributed by atoms with Crippen LogP contribution in [0.1, 0.15) is 44.7 Å². The summed E-state index contributed by atoms with van der Waals surface area (Å²) in [5, 5.41) is 12.1. The zero-order chi connectivity index (χ0) is 18.1. The van der Waals surface area contributed by atoms with E-state index < -0.39 is 29.2 Å². The van der Waals surface area contributed by atoms with Crippen LogP contribution in [0.4, 0.5) is 10.5 Å². The summed E-state index contributed by atoms with van der Waals surface area (Å²) < 4.78 is 10.5. The van der Waals surface area contributed by atoms with E-state index in [1.54, 1.807) is 20.8 Å². The number of aryl methyl sites for hydroxylation is 1. The lowest BCUT2D eigenvalue weighted by molar-refractivity contribution is -0.150. The molecular formula is C18H25NO5. The molecule has 0 radical (unpaired) electrons. The number of amides is 1. The SMILES string of the molecule is COC(C(=O)O)C1(c2ccc(C)c(NC(=O)OC(C)(C)C)c2)CC1. The molecule has 24 heavy (non-hydrogen) atoms. The molecule has 2 N–H and O–H groups in total. The minimum Gasteiger partial charge on any atom is -0.479 e. The number of methoxy groups -OCH3 is 1. The molecule has 6 heteroatoms. The minimum absolute atomic E-state index is 0.529. The molecule has 1 aliphatic rings. The van der Waals surface area contributed by atoms with E-state index in [-0.39, 0.29) is 0 Å². The van der Waals surface area contributed by atoms with Crippen molar-refractivity contribution in [3.63, 3.8) is 0 Å². The average molecular weight is 335 g/mol. The third-order valence-electron chi connectivity index (χ3n) is 4.20. The number of hydrogen-bond acceptors (Lipinski definition) is 4. The lowest BCUT2D eigenvalue weighted by Gasteiger charge is -2.24. The van der Waals surface area contributed by atoms with Crippen LogP contribution in [-0.2, 0) is 19.7 Å². The molecular weight excluding hydrogens is 310 g/mol. The van der Waals surface area contributed by atoms with Crippen molar-refractivity contribution in [2.45, 2.75) is 57.7 Å². The highest BCUT2D eigenvalue weighted by Crippen LogP contribution is 2.52. The smallest absolute Gasteiger partial charge is 0.412 e. The molecule has 2 rings (SSSR count). The summed E-state index contributed by atoms with van der Waals surface area (Å²) in [6.45, 7) is 7.27. The monoisotopic (exact) mass is 335 g/mol. The maximum atomic E-state index is 12.0. The molecule has 1 unspecified atom stereocenters. The maximum Gasteiger partial charge on any atom is 0.412 e. The van der Waals surface area contributed by atoms with E-state index in [1.807, 2.05) is 25.1 Å². The van der Waals surface area contributed by atoms with E-state index >= 15 is 0 Å². The largest absolute Gasteiger partial charge is 0.479 e. The Morgan fingerprint density at radius 1 is 1.29 bits per heavy atom. The standard InChI is InChI=1S/C18H25NO5/c1-11-6-7-12(18(8-9-18)14(23-5)15(20)21)10-13(11)19-16(22)24-17(2,3)4/h6-7,10,14H,8-9H2,1-5H3,(H,19,22)(H,20,21). The van der Waals surface area contributed by atoms with Gasteiger partial charge in [-0.05, 0) is 57.7 Å². The van der Waals surface area contributed by atoms with Crippen LogP contribution >= 0.6 is 0 Å². The van der Waals surface area contributed by atoms with Gasteiger partial charge in [-0.2, -0.15) is 0 Å². The molecule has 0 aromatic heterocycles. The summed E-state index contributed by atoms with van der Waals surface area (Å²) in [6.07, 6.45) is 0.0585. The molecule has 0 aliphatic heterocycles. The fraction of sp³-hybridized carbons (Fsp3) is 0.556. The lowest BCUT2D eigenvalue weighted by Crippen LogP contribution is -2.36. The summed E-state index contributed by atoms with van der Waals surface area (Å²) in [5.41, 5.74) is 1.24. The minimum atomic E-state index is -0.975. The van der Waals surface area contributed by atoms with Gasteiger partial charge in [0, 0.05) is 18.2 Å². The number of carbonyl (C=O) groups excluding carboxylic acids is 1. The van der Waals surface area contributed by atoms with Gasteiger partial charge in [0.25, 0.3) is 0 Å². The van der Waals surface area contributed by atoms with Crippen LogP contribution in [0.15, 0.2) is 18.2 Å². The van der Waals surface area contributed by atoms with Crippen molar-refractivity contribution in [1.29, 1.82) is 0 Å². The lowest BCUT2D eigenvalue weighted by atomic mass is 9.88. The number of benzene rings is 1. The van der Waals surface area contributed by atoms with E-state index in [0.29, 0.717) is 5.69 Å². The number of carboxylic acids is 1. The summed E-state index contributed by atoms with van der Waals surface area (Å²) >= 11 is 0. The number of nitrogens with one attached hydrogen (secondary N) is 1. The summed E-state index contributed by atoms with van der Waals surface area (Å²) in [7, 11) is 1.41. The fourth-order valence-corrected chi connectivity index (χ4v) is 2.88. The van der Waals surface area contributed by atoms with Crippen molar-refractivity contribution in [2.24, 2.45) is 0 Å². The Balaban J connectivity index is 2.26. The van der Waals surface area contributed by atoms with E-state index in [4.69, 9.17) is 9.47 Å². The third-order valence-corrected chi connectivity index (χ3v) is 4.20. The van der Waals surface area contributed by atoms with Crippen LogP contribution in [0.3, 0.4) is 0 Å². The number of hydrogen-bond donors (Lipinski definition) is 2. The van der Waals surface area contributed by atoms with E-state index in [1.165, 1.54) is 7.11 Å². The van der Waals surface area contributed by atoms with Gasteiger partial charge >= 0.3 is 12.1 Å². The first kappa shape index (κ1) is 18.3. The summed E-state index contributed by atoms with van der Waals surface area (Å²) in [4.78, 5) is 23.5. The second-order valence-corrected chi connectivity index (χ2v) is 7.27. The number of carbonyl (C=O) groups is 2. The van der Waals surface area contributed by atoms with Crippen LogP contribution in [0.2, 0.25) is 0 Å². The Morgan fingerprint density at radius 2 is 1.92 bits per heavy atom. The van der Waals surface area contributed by atoms with Gasteiger partial charge in [-0.25, -0.2) is 9.59 Å². The van der Waals surface area contributed by atoms with Gasteiger partial charge < -0.3 is 14.6 Å². The van der Waals surface area contributed by atoms with Gasteiger partial charge in [-0.15, -0.1) is 0 Å². The summed E-state index contributed by atoms with van der Waals surface area (Å²) in [6, 6.07) is 5.59. The molecule has 0 heterocycles. The molecule has 1 atom stereocenters. The predicted molar refractivity (Wildman–Crippen MR) is 90.4 cm³/mol. The average Bonchev–Trinajstić information content (AvgIpc) is 3.21. The molecule has 132 valence electrons. The van der Waals surface area contributed by atoms with Gasteiger partial charge in [0.05, 0.1) is 0 Å². The first-order valence-corrected chi connectivity index (χ1v) is 7.96. The molecule has 1 amide bonds. The first-order valence-electron chi connectivity index (χ1n) is 7.96. The number of rotatable bonds is 5. The highest BCUT2D eigenvalue weighted by molar-refractivity contribution is 5.86. The predicted octanol–water partition coefficient (Wildman–Crippen LogP) is 3.47. The number of anilines is 1. The maximum absolute atomic E-state index is 12.0. The fourth-order valence-electron chi connectivity index (χ4n) is 2.88. The Hall–Kier alpha value is -2.08. The first-order chi connectivity index (χ1) is 11.1. The highest BCUT2D eigenvalue weighted by Gasteiger charge is 2.54. The van der Waals surface area contributed by atoms with Gasteiger partial charge in [-0.1, -0.05) is 12.1 Å². The molecule has 1 aromatic rings. The van der Waals surface area contributed by atoms with Crippen molar-refractivity contribution >= 4 is 17.7 Å². The zero-order valence-corrected chi connectivity index (χ0v) is 14.8. The summed E-state index contributed by atoms with van der Waals surface area (Å²) in [5.74, 6) is -0.975. The van der Waals surface area contributed by atoms with Gasteiger partial charge in [0.1, 0.15) is 5.60 Å². The van der Waals surface area contributed by atoms with Gasteiger partial charge in [-0.3, -0.25) is 5.32 Å². The van der Waals surface area contributed by atoms with E-state index in [2.05, 4.69) is 5.32 Å². The molecule has 6 nitrogen and oxygen atoms in total. The number of carboxylic acid groups (broad SMARTS) is 1. The molecule has 1 aliphatic carbocycles. The molecule has 0 saturated heterocycles. The van der Waals surface area contributed by atoms with Crippen LogP contribution in [0.5, 0.6) is 0 Å². The quantitative estimate of drug-likeness (QED) is 0.860. The van der Waals surface area contributed by atoms with Crippen LogP contribution < -0.4 is 5.32 Å². The second kappa shape index (κ2) is 6.43. The second-order valence-electron chi connectivity index (χ2n) is 7.27. The Labute approximate surface area is 142 Å². The molecule has 1 fully saturated rings. The van der Waals surface area contributed by atoms with Gasteiger partial charge in [0.2, 0.25) is 0 Å². The van der Waals surface area contributed by atoms with Crippen LogP contribution in [0.25, 0.3) is 0 Å². The van der Waals surface area contributed by atoms with Gasteiger partial charge in [0.15, 0.2) is 6.10 Å². The van der Waals surface area contributed by atoms with Crippen LogP contribution in [-0.4, -0.2) is 36.0 Å². The number of aliphatic carboxylic acids is 1. The van der Waals surface area contributed by atoms with Crippen molar-refractivity contribution < 1.29 is 24.2 Å². The van der Waals surface area contributed by atoms with Crippen molar-refractivity contribution in [2.75, 3.05) is 12.4 Å². The third kappa shape index (κ3) is 3.87. The van der Waals surface area contributed by atoms with Crippen molar-refractivity contribution in [3.05, 3.63) is 29.3 Å².